The first kappa shape index (κ1) is 24.4. The Labute approximate surface area is 205 Å². The third-order valence-electron chi connectivity index (χ3n) is 6.51. The molecule has 1 aliphatic heterocycles. The number of carbonyl (C=O) groups excluding carboxylic acids is 2. The summed E-state index contributed by atoms with van der Waals surface area (Å²) in [7, 11) is -1.15. The number of nitrogens with zero attached hydrogens (tertiary/aromatic N) is 1. The second-order valence-electron chi connectivity index (χ2n) is 9.43. The maximum atomic E-state index is 13.3. The first-order valence-corrected chi connectivity index (χ1v) is 13.5. The molecule has 1 atom stereocenters. The van der Waals surface area contributed by atoms with Crippen LogP contribution in [0, 0.1) is 0 Å². The van der Waals surface area contributed by atoms with Crippen molar-refractivity contribution in [1.29, 1.82) is 0 Å². The summed E-state index contributed by atoms with van der Waals surface area (Å²) in [5.74, 6) is -0.268. The smallest absolute Gasteiger partial charge is 0.264 e. The SMILES string of the molecule is CC(C)(CCO)S(=O)C1(CN2CCc3c(C(=O)NCc4ccc(Cl)cc4)csc3C2=O)CC1. The van der Waals surface area contributed by atoms with E-state index in [-0.39, 0.29) is 23.2 Å². The van der Waals surface area contributed by atoms with E-state index in [1.807, 2.05) is 26.0 Å². The third kappa shape index (κ3) is 5.04. The molecule has 2 heterocycles. The van der Waals surface area contributed by atoms with Crippen LogP contribution >= 0.6 is 22.9 Å². The van der Waals surface area contributed by atoms with E-state index in [2.05, 4.69) is 5.32 Å². The van der Waals surface area contributed by atoms with E-state index in [1.54, 1.807) is 22.4 Å². The minimum absolute atomic E-state index is 0.00111. The number of aliphatic hydroxyl groups is 1. The van der Waals surface area contributed by atoms with Gasteiger partial charge in [0.15, 0.2) is 0 Å². The number of hydrogen-bond acceptors (Lipinski definition) is 5. The molecule has 6 nitrogen and oxygen atoms in total. The van der Waals surface area contributed by atoms with Crippen LogP contribution < -0.4 is 5.32 Å². The van der Waals surface area contributed by atoms with Gasteiger partial charge < -0.3 is 15.3 Å². The van der Waals surface area contributed by atoms with Gasteiger partial charge in [-0.05, 0) is 62.8 Å². The standard InChI is InChI=1S/C24H29ClN2O4S2/c1-23(2,10-12-28)33(31)24(8-9-24)15-27-11-7-18-19(14-32-20(18)22(27)30)21(29)26-13-16-3-5-17(25)6-4-16/h3-6,14,28H,7-13,15H2,1-2H3,(H,26,29). The highest BCUT2D eigenvalue weighted by Gasteiger charge is 2.54. The molecule has 1 aromatic carbocycles. The molecule has 33 heavy (non-hydrogen) atoms. The number of amides is 2. The van der Waals surface area contributed by atoms with Gasteiger partial charge >= 0.3 is 0 Å². The summed E-state index contributed by atoms with van der Waals surface area (Å²) >= 11 is 7.21. The van der Waals surface area contributed by atoms with Crippen LogP contribution in [0.15, 0.2) is 29.6 Å². The highest BCUT2D eigenvalue weighted by Crippen LogP contribution is 2.47. The molecule has 0 radical (unpaired) electrons. The lowest BCUT2D eigenvalue weighted by atomic mass is 10.0. The molecule has 1 fully saturated rings. The molecule has 0 bridgehead atoms. The zero-order valence-corrected chi connectivity index (χ0v) is 21.2. The minimum atomic E-state index is -1.15. The number of nitrogens with one attached hydrogen (secondary N) is 1. The molecule has 9 heteroatoms. The van der Waals surface area contributed by atoms with E-state index in [0.717, 1.165) is 24.0 Å². The van der Waals surface area contributed by atoms with Crippen molar-refractivity contribution < 1.29 is 18.9 Å². The number of thiophene rings is 1. The normalized spacial score (nSPS) is 18.1. The molecule has 1 unspecified atom stereocenters. The number of halogens is 1. The van der Waals surface area contributed by atoms with Gasteiger partial charge in [0.1, 0.15) is 0 Å². The van der Waals surface area contributed by atoms with Gasteiger partial charge in [-0.2, -0.15) is 0 Å². The van der Waals surface area contributed by atoms with Crippen molar-refractivity contribution in [3.05, 3.63) is 56.2 Å². The van der Waals surface area contributed by atoms with Crippen molar-refractivity contribution >= 4 is 45.6 Å². The average molecular weight is 509 g/mol. The van der Waals surface area contributed by atoms with Crippen LogP contribution in [-0.2, 0) is 23.8 Å². The Morgan fingerprint density at radius 3 is 2.64 bits per heavy atom. The molecule has 1 saturated carbocycles. The summed E-state index contributed by atoms with van der Waals surface area (Å²) in [6.45, 7) is 5.20. The highest BCUT2D eigenvalue weighted by atomic mass is 35.5. The zero-order valence-electron chi connectivity index (χ0n) is 18.9. The predicted octanol–water partition coefficient (Wildman–Crippen LogP) is 3.77. The maximum absolute atomic E-state index is 13.3. The summed E-state index contributed by atoms with van der Waals surface area (Å²) < 4.78 is 12.4. The van der Waals surface area contributed by atoms with Gasteiger partial charge in [-0.3, -0.25) is 13.8 Å². The van der Waals surface area contributed by atoms with Crippen LogP contribution in [0.1, 0.15) is 64.3 Å². The maximum Gasteiger partial charge on any atom is 0.264 e. The molecule has 178 valence electrons. The van der Waals surface area contributed by atoms with Crippen molar-refractivity contribution in [2.75, 3.05) is 19.7 Å². The summed E-state index contributed by atoms with van der Waals surface area (Å²) in [5.41, 5.74) is 2.32. The number of benzene rings is 1. The molecule has 4 rings (SSSR count). The fourth-order valence-corrected chi connectivity index (χ4v) is 7.75. The summed E-state index contributed by atoms with van der Waals surface area (Å²) in [6, 6.07) is 7.31. The van der Waals surface area contributed by atoms with E-state index >= 15 is 0 Å². The lowest BCUT2D eigenvalue weighted by molar-refractivity contribution is 0.0742. The van der Waals surface area contributed by atoms with Crippen LogP contribution in [0.4, 0.5) is 0 Å². The molecule has 2 amide bonds. The first-order valence-electron chi connectivity index (χ1n) is 11.1. The molecule has 2 N–H and O–H groups in total. The van der Waals surface area contributed by atoms with Gasteiger partial charge in [-0.1, -0.05) is 23.7 Å². The van der Waals surface area contributed by atoms with Gasteiger partial charge in [0.25, 0.3) is 11.8 Å². The Hall–Kier alpha value is -1.74. The van der Waals surface area contributed by atoms with Crippen LogP contribution in [0.5, 0.6) is 0 Å². The molecule has 0 spiro atoms. The number of hydrogen-bond donors (Lipinski definition) is 2. The fourth-order valence-electron chi connectivity index (χ4n) is 4.36. The Morgan fingerprint density at radius 2 is 2.00 bits per heavy atom. The van der Waals surface area contributed by atoms with Gasteiger partial charge in [0.05, 0.1) is 15.2 Å². The van der Waals surface area contributed by atoms with Gasteiger partial charge in [-0.15, -0.1) is 11.3 Å². The second-order valence-corrected chi connectivity index (χ2v) is 13.3. The lowest BCUT2D eigenvalue weighted by Gasteiger charge is -2.34. The molecule has 0 saturated heterocycles. The summed E-state index contributed by atoms with van der Waals surface area (Å²) in [4.78, 5) is 28.4. The average Bonchev–Trinajstić information content (AvgIpc) is 3.43. The van der Waals surface area contributed by atoms with E-state index in [4.69, 9.17) is 11.6 Å². The fraction of sp³-hybridized carbons (Fsp3) is 0.500. The Morgan fingerprint density at radius 1 is 1.30 bits per heavy atom. The number of fused-ring (bicyclic) bond motifs is 1. The Kier molecular flexibility index (Phi) is 7.01. The monoisotopic (exact) mass is 508 g/mol. The molecule has 2 aliphatic rings. The first-order chi connectivity index (χ1) is 15.7. The zero-order chi connectivity index (χ0) is 23.8. The van der Waals surface area contributed by atoms with E-state index in [9.17, 15) is 18.9 Å². The van der Waals surface area contributed by atoms with Crippen molar-refractivity contribution in [2.24, 2.45) is 0 Å². The van der Waals surface area contributed by atoms with Gasteiger partial charge in [0.2, 0.25) is 0 Å². The largest absolute Gasteiger partial charge is 0.396 e. The molecular formula is C24H29ClN2O4S2. The molecule has 1 aliphatic carbocycles. The van der Waals surface area contributed by atoms with E-state index < -0.39 is 15.5 Å². The second kappa shape index (κ2) is 9.49. The van der Waals surface area contributed by atoms with Crippen molar-refractivity contribution in [3.63, 3.8) is 0 Å². The number of carbonyl (C=O) groups is 2. The topological polar surface area (TPSA) is 86.7 Å². The van der Waals surface area contributed by atoms with Crippen LogP contribution in [0.25, 0.3) is 0 Å². The molecule has 1 aromatic heterocycles. The van der Waals surface area contributed by atoms with Gasteiger partial charge in [0, 0.05) is 52.2 Å². The van der Waals surface area contributed by atoms with Crippen LogP contribution in [0.3, 0.4) is 0 Å². The Bertz CT molecular complexity index is 1080. The number of rotatable bonds is 9. The summed E-state index contributed by atoms with van der Waals surface area (Å²) in [6.07, 6.45) is 2.73. The van der Waals surface area contributed by atoms with Crippen molar-refractivity contribution in [1.82, 2.24) is 10.2 Å². The summed E-state index contributed by atoms with van der Waals surface area (Å²) in [5, 5.41) is 14.7. The quantitative estimate of drug-likeness (QED) is 0.539. The van der Waals surface area contributed by atoms with Crippen LogP contribution in [-0.4, -0.2) is 55.2 Å². The van der Waals surface area contributed by atoms with Crippen LogP contribution in [0.2, 0.25) is 5.02 Å². The molecular weight excluding hydrogens is 480 g/mol. The van der Waals surface area contributed by atoms with Crippen molar-refractivity contribution in [2.45, 2.75) is 55.6 Å². The Balaban J connectivity index is 1.42. The van der Waals surface area contributed by atoms with E-state index in [1.165, 1.54) is 11.3 Å². The van der Waals surface area contributed by atoms with E-state index in [0.29, 0.717) is 47.9 Å². The lowest BCUT2D eigenvalue weighted by Crippen LogP contribution is -2.47. The van der Waals surface area contributed by atoms with Crippen molar-refractivity contribution in [3.8, 4) is 0 Å². The van der Waals surface area contributed by atoms with Gasteiger partial charge in [-0.25, -0.2) is 0 Å². The predicted molar refractivity (Wildman–Crippen MR) is 132 cm³/mol. The molecule has 2 aromatic rings. The minimum Gasteiger partial charge on any atom is -0.396 e. The highest BCUT2D eigenvalue weighted by molar-refractivity contribution is 7.88. The number of aliphatic hydroxyl groups excluding tert-OH is 1. The third-order valence-corrected chi connectivity index (χ3v) is 10.3.